The summed E-state index contributed by atoms with van der Waals surface area (Å²) in [4.78, 5) is 13.1. The Hall–Kier alpha value is -1.07. The molecule has 3 nitrogen and oxygen atoms in total. The quantitative estimate of drug-likeness (QED) is 0.928. The van der Waals surface area contributed by atoms with Crippen LogP contribution in [0.4, 0.5) is 0 Å². The summed E-state index contributed by atoms with van der Waals surface area (Å²) in [6.07, 6.45) is 1.87. The first kappa shape index (κ1) is 12.4. The summed E-state index contributed by atoms with van der Waals surface area (Å²) in [6.45, 7) is 2.64. The van der Waals surface area contributed by atoms with Crippen molar-refractivity contribution in [1.29, 1.82) is 0 Å². The first-order valence-corrected chi connectivity index (χ1v) is 6.88. The van der Waals surface area contributed by atoms with Gasteiger partial charge in [-0.05, 0) is 45.9 Å². The summed E-state index contributed by atoms with van der Waals surface area (Å²) in [7, 11) is 1.86. The van der Waals surface area contributed by atoms with Gasteiger partial charge in [0.05, 0.1) is 6.54 Å². The molecule has 90 valence electrons. The van der Waals surface area contributed by atoms with Crippen LogP contribution in [0, 0.1) is 6.92 Å². The molecule has 1 N–H and O–H groups in total. The van der Waals surface area contributed by atoms with E-state index in [4.69, 9.17) is 0 Å². The molecule has 0 atom stereocenters. The number of rotatable bonds is 3. The molecule has 2 aromatic heterocycles. The Bertz CT molecular complexity index is 544. The SMILES string of the molecule is Cc1ccsc1CNC(=O)c1cc(Br)cn1C. The third-order valence-corrected chi connectivity index (χ3v) is 4.04. The molecule has 0 saturated heterocycles. The van der Waals surface area contributed by atoms with Crippen molar-refractivity contribution in [2.45, 2.75) is 13.5 Å². The lowest BCUT2D eigenvalue weighted by Crippen LogP contribution is -2.24. The molecule has 0 aromatic carbocycles. The van der Waals surface area contributed by atoms with Crippen LogP contribution in [0.2, 0.25) is 0 Å². The Morgan fingerprint density at radius 1 is 1.59 bits per heavy atom. The lowest BCUT2D eigenvalue weighted by molar-refractivity contribution is 0.0943. The van der Waals surface area contributed by atoms with Crippen LogP contribution in [0.15, 0.2) is 28.2 Å². The fourth-order valence-corrected chi connectivity index (χ4v) is 2.96. The molecule has 0 saturated carbocycles. The van der Waals surface area contributed by atoms with Gasteiger partial charge < -0.3 is 9.88 Å². The molecule has 17 heavy (non-hydrogen) atoms. The number of nitrogens with one attached hydrogen (secondary N) is 1. The zero-order valence-corrected chi connectivity index (χ0v) is 12.1. The first-order chi connectivity index (χ1) is 8.08. The fourth-order valence-electron chi connectivity index (χ4n) is 1.59. The number of aryl methyl sites for hydroxylation is 2. The van der Waals surface area contributed by atoms with Crippen LogP contribution >= 0.6 is 27.3 Å². The molecule has 2 rings (SSSR count). The topological polar surface area (TPSA) is 34.0 Å². The number of carbonyl (C=O) groups is 1. The molecular weight excluding hydrogens is 300 g/mol. The van der Waals surface area contributed by atoms with E-state index >= 15 is 0 Å². The minimum absolute atomic E-state index is 0.0500. The smallest absolute Gasteiger partial charge is 0.268 e. The first-order valence-electron chi connectivity index (χ1n) is 5.21. The van der Waals surface area contributed by atoms with E-state index in [1.165, 1.54) is 10.4 Å². The number of thiophene rings is 1. The average molecular weight is 313 g/mol. The van der Waals surface area contributed by atoms with Gasteiger partial charge in [0.2, 0.25) is 0 Å². The number of amides is 1. The molecule has 2 aromatic rings. The second kappa shape index (κ2) is 5.06. The molecule has 1 amide bonds. The molecule has 0 spiro atoms. The molecule has 0 aliphatic rings. The highest BCUT2D eigenvalue weighted by Crippen LogP contribution is 2.16. The lowest BCUT2D eigenvalue weighted by Gasteiger charge is -2.05. The molecular formula is C12H13BrN2OS. The van der Waals surface area contributed by atoms with Gasteiger partial charge in [0, 0.05) is 22.6 Å². The van der Waals surface area contributed by atoms with E-state index in [2.05, 4.69) is 34.2 Å². The third-order valence-electron chi connectivity index (χ3n) is 2.58. The number of hydrogen-bond acceptors (Lipinski definition) is 2. The lowest BCUT2D eigenvalue weighted by atomic mass is 10.3. The van der Waals surface area contributed by atoms with Gasteiger partial charge in [0.1, 0.15) is 5.69 Å². The molecule has 0 aliphatic carbocycles. The van der Waals surface area contributed by atoms with E-state index in [0.717, 1.165) is 4.47 Å². The van der Waals surface area contributed by atoms with Gasteiger partial charge in [-0.3, -0.25) is 4.79 Å². The highest BCUT2D eigenvalue weighted by molar-refractivity contribution is 9.10. The van der Waals surface area contributed by atoms with Crippen LogP contribution in [0.1, 0.15) is 20.9 Å². The van der Waals surface area contributed by atoms with Crippen LogP contribution in [-0.2, 0) is 13.6 Å². The van der Waals surface area contributed by atoms with Gasteiger partial charge in [0.25, 0.3) is 5.91 Å². The zero-order valence-electron chi connectivity index (χ0n) is 9.66. The molecule has 5 heteroatoms. The standard InChI is InChI=1S/C12H13BrN2OS/c1-8-3-4-17-11(8)6-14-12(16)10-5-9(13)7-15(10)2/h3-5,7H,6H2,1-2H3,(H,14,16). The fraction of sp³-hybridized carbons (Fsp3) is 0.250. The van der Waals surface area contributed by atoms with Crippen LogP contribution in [-0.4, -0.2) is 10.5 Å². The van der Waals surface area contributed by atoms with Gasteiger partial charge in [-0.25, -0.2) is 0 Å². The Kier molecular flexibility index (Phi) is 3.69. The number of carbonyl (C=O) groups excluding carboxylic acids is 1. The van der Waals surface area contributed by atoms with Gasteiger partial charge in [-0.1, -0.05) is 0 Å². The summed E-state index contributed by atoms with van der Waals surface area (Å²) in [5, 5.41) is 4.96. The predicted octanol–water partition coefficient (Wildman–Crippen LogP) is 3.09. The molecule has 0 aliphatic heterocycles. The number of hydrogen-bond donors (Lipinski definition) is 1. The zero-order chi connectivity index (χ0) is 12.4. The maximum Gasteiger partial charge on any atom is 0.268 e. The highest BCUT2D eigenvalue weighted by Gasteiger charge is 2.11. The molecule has 2 heterocycles. The van der Waals surface area contributed by atoms with Crippen LogP contribution in [0.5, 0.6) is 0 Å². The van der Waals surface area contributed by atoms with Crippen LogP contribution in [0.3, 0.4) is 0 Å². The monoisotopic (exact) mass is 312 g/mol. The van der Waals surface area contributed by atoms with Crippen molar-refractivity contribution in [3.05, 3.63) is 44.3 Å². The number of halogens is 1. The van der Waals surface area contributed by atoms with Crippen molar-refractivity contribution >= 4 is 33.2 Å². The van der Waals surface area contributed by atoms with Crippen molar-refractivity contribution in [1.82, 2.24) is 9.88 Å². The summed E-state index contributed by atoms with van der Waals surface area (Å²) in [6, 6.07) is 3.88. The number of aromatic nitrogens is 1. The molecule has 0 unspecified atom stereocenters. The van der Waals surface area contributed by atoms with Crippen molar-refractivity contribution in [3.8, 4) is 0 Å². The van der Waals surface area contributed by atoms with Crippen molar-refractivity contribution < 1.29 is 4.79 Å². The number of nitrogens with zero attached hydrogens (tertiary/aromatic N) is 1. The predicted molar refractivity (Wildman–Crippen MR) is 73.3 cm³/mol. The highest BCUT2D eigenvalue weighted by atomic mass is 79.9. The second-order valence-corrected chi connectivity index (χ2v) is 5.78. The van der Waals surface area contributed by atoms with E-state index in [-0.39, 0.29) is 5.91 Å². The van der Waals surface area contributed by atoms with Crippen molar-refractivity contribution in [2.24, 2.45) is 7.05 Å². The minimum atomic E-state index is -0.0500. The third kappa shape index (κ3) is 2.79. The van der Waals surface area contributed by atoms with E-state index in [1.807, 2.05) is 24.7 Å². The van der Waals surface area contributed by atoms with E-state index in [1.54, 1.807) is 15.9 Å². The molecule has 0 radical (unpaired) electrons. The largest absolute Gasteiger partial charge is 0.346 e. The van der Waals surface area contributed by atoms with Crippen molar-refractivity contribution in [2.75, 3.05) is 0 Å². The van der Waals surface area contributed by atoms with Crippen LogP contribution < -0.4 is 5.32 Å². The Balaban J connectivity index is 2.03. The van der Waals surface area contributed by atoms with E-state index in [9.17, 15) is 4.79 Å². The van der Waals surface area contributed by atoms with Gasteiger partial charge in [0.15, 0.2) is 0 Å². The minimum Gasteiger partial charge on any atom is -0.346 e. The van der Waals surface area contributed by atoms with Gasteiger partial charge in [-0.2, -0.15) is 0 Å². The molecule has 0 fully saturated rings. The Labute approximate surface area is 113 Å². The van der Waals surface area contributed by atoms with Crippen LogP contribution in [0.25, 0.3) is 0 Å². The van der Waals surface area contributed by atoms with Crippen molar-refractivity contribution in [3.63, 3.8) is 0 Å². The maximum absolute atomic E-state index is 11.9. The summed E-state index contributed by atoms with van der Waals surface area (Å²) >= 11 is 5.02. The van der Waals surface area contributed by atoms with E-state index < -0.39 is 0 Å². The van der Waals surface area contributed by atoms with Gasteiger partial charge >= 0.3 is 0 Å². The maximum atomic E-state index is 11.9. The van der Waals surface area contributed by atoms with Gasteiger partial charge in [-0.15, -0.1) is 11.3 Å². The summed E-state index contributed by atoms with van der Waals surface area (Å²) in [5.41, 5.74) is 1.88. The van der Waals surface area contributed by atoms with E-state index in [0.29, 0.717) is 12.2 Å². The Morgan fingerprint density at radius 2 is 2.35 bits per heavy atom. The normalized spacial score (nSPS) is 10.5. The molecule has 0 bridgehead atoms. The average Bonchev–Trinajstić information content (AvgIpc) is 2.81. The Morgan fingerprint density at radius 3 is 2.88 bits per heavy atom. The second-order valence-electron chi connectivity index (χ2n) is 3.86. The summed E-state index contributed by atoms with van der Waals surface area (Å²) in [5.74, 6) is -0.0500. The summed E-state index contributed by atoms with van der Waals surface area (Å²) < 4.78 is 2.72.